The van der Waals surface area contributed by atoms with Crippen molar-refractivity contribution in [2.75, 3.05) is 0 Å². The summed E-state index contributed by atoms with van der Waals surface area (Å²) in [5, 5.41) is 0. The van der Waals surface area contributed by atoms with Crippen molar-refractivity contribution < 1.29 is 18.4 Å². The molecule has 3 saturated carbocycles. The fourth-order valence-electron chi connectivity index (χ4n) is 6.50. The average molecular weight is 348 g/mol. The lowest BCUT2D eigenvalue weighted by atomic mass is 9.47. The summed E-state index contributed by atoms with van der Waals surface area (Å²) in [6.45, 7) is 6.13. The molecule has 3 heteroatoms. The van der Waals surface area contributed by atoms with Gasteiger partial charge in [-0.3, -0.25) is 9.59 Å². The molecule has 3 nitrogen and oxygen atoms in total. The third-order valence-electron chi connectivity index (χ3n) is 7.94. The van der Waals surface area contributed by atoms with Crippen molar-refractivity contribution in [3.63, 3.8) is 0 Å². The van der Waals surface area contributed by atoms with Crippen LogP contribution in [0.15, 0.2) is 11.6 Å². The second kappa shape index (κ2) is 5.96. The van der Waals surface area contributed by atoms with Gasteiger partial charge in [-0.1, -0.05) is 26.3 Å². The second-order valence-electron chi connectivity index (χ2n) is 8.97. The quantitative estimate of drug-likeness (QED) is 0.671. The molecule has 4 rings (SSSR count). The third-order valence-corrected chi connectivity index (χ3v) is 7.94. The van der Waals surface area contributed by atoms with Crippen molar-refractivity contribution in [3.8, 4) is 0 Å². The molecule has 0 spiro atoms. The molecule has 4 aliphatic rings. The first-order valence-corrected chi connectivity index (χ1v) is 9.94. The van der Waals surface area contributed by atoms with Crippen molar-refractivity contribution in [2.24, 2.45) is 28.6 Å². The molecule has 3 fully saturated rings. The Kier molecular flexibility index (Phi) is 3.34. The standard InChI is InChI=1S/C22H32O3/c1-4-20(24)25-19-8-7-17-16-6-5-14-13-15(23)9-11-21(14,2)18(16)10-12-22(17,19)3/h13,16-19H,4-12H2,1-3H3/t16-,17-,18-,19-,21-,22-/m0/s1/i9D2,11D/t11?,16-,17-,18-,19-,21-,22-. The van der Waals surface area contributed by atoms with Gasteiger partial charge >= 0.3 is 5.97 Å². The predicted octanol–water partition coefficient (Wildman–Crippen LogP) is 4.84. The molecular formula is C22H32O3. The Labute approximate surface area is 155 Å². The van der Waals surface area contributed by atoms with Crippen molar-refractivity contribution in [3.05, 3.63) is 11.6 Å². The second-order valence-corrected chi connectivity index (χ2v) is 8.97. The summed E-state index contributed by atoms with van der Waals surface area (Å²) < 4.78 is 31.0. The van der Waals surface area contributed by atoms with Crippen LogP contribution in [0.2, 0.25) is 0 Å². The number of hydrogen-bond donors (Lipinski definition) is 0. The Morgan fingerprint density at radius 3 is 2.84 bits per heavy atom. The van der Waals surface area contributed by atoms with E-state index in [4.69, 9.17) is 8.85 Å². The molecule has 0 aromatic heterocycles. The highest BCUT2D eigenvalue weighted by atomic mass is 16.5. The van der Waals surface area contributed by atoms with E-state index in [2.05, 4.69) is 6.92 Å². The van der Waals surface area contributed by atoms with Crippen LogP contribution in [-0.4, -0.2) is 17.9 Å². The van der Waals surface area contributed by atoms with Crippen LogP contribution in [0.25, 0.3) is 0 Å². The van der Waals surface area contributed by atoms with Crippen molar-refractivity contribution in [1.29, 1.82) is 0 Å². The van der Waals surface area contributed by atoms with Crippen LogP contribution in [0, 0.1) is 28.6 Å². The first kappa shape index (κ1) is 14.0. The maximum atomic E-state index is 12.3. The topological polar surface area (TPSA) is 43.4 Å². The van der Waals surface area contributed by atoms with E-state index in [-0.39, 0.29) is 23.4 Å². The van der Waals surface area contributed by atoms with Gasteiger partial charge in [-0.2, -0.15) is 0 Å². The summed E-state index contributed by atoms with van der Waals surface area (Å²) in [6.07, 6.45) is 4.27. The zero-order chi connectivity index (χ0) is 20.5. The van der Waals surface area contributed by atoms with Crippen molar-refractivity contribution in [2.45, 2.75) is 84.6 Å². The molecule has 0 aliphatic heterocycles. The molecule has 0 aromatic rings. The van der Waals surface area contributed by atoms with Crippen molar-refractivity contribution >= 4 is 11.8 Å². The molecule has 0 heterocycles. The van der Waals surface area contributed by atoms with Crippen LogP contribution < -0.4 is 0 Å². The molecule has 25 heavy (non-hydrogen) atoms. The highest BCUT2D eigenvalue weighted by molar-refractivity contribution is 5.91. The monoisotopic (exact) mass is 347 g/mol. The summed E-state index contributed by atoms with van der Waals surface area (Å²) in [5.74, 6) is 0.404. The number of rotatable bonds is 2. The van der Waals surface area contributed by atoms with Crippen LogP contribution in [0.3, 0.4) is 0 Å². The lowest BCUT2D eigenvalue weighted by Crippen LogP contribution is -2.51. The van der Waals surface area contributed by atoms with Gasteiger partial charge < -0.3 is 4.74 Å². The number of carbonyl (C=O) groups excluding carboxylic acids is 2. The number of allylic oxidation sites excluding steroid dienone is 1. The van der Waals surface area contributed by atoms with Gasteiger partial charge in [0.2, 0.25) is 0 Å². The van der Waals surface area contributed by atoms with Gasteiger partial charge in [0.25, 0.3) is 0 Å². The molecule has 4 aliphatic carbocycles. The number of carbonyl (C=O) groups is 2. The average Bonchev–Trinajstić information content (AvgIpc) is 2.98. The maximum absolute atomic E-state index is 12.3. The van der Waals surface area contributed by atoms with E-state index < -0.39 is 24.0 Å². The lowest BCUT2D eigenvalue weighted by Gasteiger charge is -2.57. The minimum Gasteiger partial charge on any atom is -0.462 e. The van der Waals surface area contributed by atoms with E-state index in [1.54, 1.807) is 0 Å². The summed E-state index contributed by atoms with van der Waals surface area (Å²) in [7, 11) is 0. The SMILES string of the molecule is [2H]C1C([2H])([2H])C(=O)C=C2CC[C@H]3[C@@H]4CC[C@H](OC(=O)CC)[C@@]4(C)CC[C@@H]3[C@]21C. The Balaban J connectivity index is 1.66. The molecule has 0 saturated heterocycles. The Morgan fingerprint density at radius 2 is 2.08 bits per heavy atom. The highest BCUT2D eigenvalue weighted by Crippen LogP contribution is 2.65. The zero-order valence-electron chi connectivity index (χ0n) is 18.6. The van der Waals surface area contributed by atoms with Gasteiger partial charge in [-0.15, -0.1) is 0 Å². The Morgan fingerprint density at radius 1 is 1.28 bits per heavy atom. The third kappa shape index (κ3) is 2.52. The lowest BCUT2D eigenvalue weighted by molar-refractivity contribution is -0.159. The van der Waals surface area contributed by atoms with Crippen LogP contribution in [0.4, 0.5) is 0 Å². The van der Waals surface area contributed by atoms with Gasteiger partial charge in [0.05, 0.1) is 0 Å². The molecule has 0 N–H and O–H groups in total. The molecule has 138 valence electrons. The van der Waals surface area contributed by atoms with E-state index in [1.807, 2.05) is 13.8 Å². The zero-order valence-corrected chi connectivity index (χ0v) is 15.6. The van der Waals surface area contributed by atoms with E-state index >= 15 is 0 Å². The van der Waals surface area contributed by atoms with Crippen molar-refractivity contribution in [1.82, 2.24) is 0 Å². The first-order chi connectivity index (χ1) is 13.1. The van der Waals surface area contributed by atoms with Gasteiger partial charge in [0.1, 0.15) is 6.10 Å². The van der Waals surface area contributed by atoms with E-state index in [0.29, 0.717) is 18.3 Å². The smallest absolute Gasteiger partial charge is 0.305 e. The highest BCUT2D eigenvalue weighted by Gasteiger charge is 2.59. The Bertz CT molecular complexity index is 733. The summed E-state index contributed by atoms with van der Waals surface area (Å²) >= 11 is 0. The number of fused-ring (bicyclic) bond motifs is 5. The van der Waals surface area contributed by atoms with Crippen LogP contribution in [0.1, 0.15) is 82.6 Å². The van der Waals surface area contributed by atoms with Gasteiger partial charge in [-0.05, 0) is 74.2 Å². The normalized spacial score (nSPS) is 52.6. The van der Waals surface area contributed by atoms with Gasteiger partial charge in [0.15, 0.2) is 5.78 Å². The molecule has 0 radical (unpaired) electrons. The minimum atomic E-state index is -2.12. The first-order valence-electron chi connectivity index (χ1n) is 11.5. The molecular weight excluding hydrogens is 312 g/mol. The van der Waals surface area contributed by atoms with E-state index in [0.717, 1.165) is 44.1 Å². The number of ether oxygens (including phenoxy) is 1. The molecule has 7 atom stereocenters. The summed E-state index contributed by atoms with van der Waals surface area (Å²) in [4.78, 5) is 24.2. The number of esters is 1. The van der Waals surface area contributed by atoms with E-state index in [1.165, 1.54) is 6.08 Å². The largest absolute Gasteiger partial charge is 0.462 e. The Hall–Kier alpha value is -1.12. The number of ketones is 1. The summed E-state index contributed by atoms with van der Waals surface area (Å²) in [5.41, 5.74) is 0.384. The molecule has 1 unspecified atom stereocenters. The minimum absolute atomic E-state index is 0.0232. The van der Waals surface area contributed by atoms with E-state index in [9.17, 15) is 9.59 Å². The summed E-state index contributed by atoms with van der Waals surface area (Å²) in [6, 6.07) is 0. The molecule has 0 bridgehead atoms. The van der Waals surface area contributed by atoms with Gasteiger partial charge in [-0.25, -0.2) is 0 Å². The molecule has 0 aromatic carbocycles. The fourth-order valence-corrected chi connectivity index (χ4v) is 6.50. The van der Waals surface area contributed by atoms with Gasteiger partial charge in [0, 0.05) is 22.3 Å². The fraction of sp³-hybridized carbons (Fsp3) is 0.818. The van der Waals surface area contributed by atoms with Crippen LogP contribution >= 0.6 is 0 Å². The van der Waals surface area contributed by atoms with Crippen LogP contribution in [0.5, 0.6) is 0 Å². The predicted molar refractivity (Wildman–Crippen MR) is 96.9 cm³/mol. The number of hydrogen-bond acceptors (Lipinski definition) is 3. The maximum Gasteiger partial charge on any atom is 0.305 e. The molecule has 0 amide bonds. The van der Waals surface area contributed by atoms with Crippen LogP contribution in [-0.2, 0) is 14.3 Å².